The second-order valence-corrected chi connectivity index (χ2v) is 8.37. The fraction of sp³-hybridized carbons (Fsp3) is 0.688. The van der Waals surface area contributed by atoms with Crippen molar-refractivity contribution >= 4 is 15.9 Å². The highest BCUT2D eigenvalue weighted by Gasteiger charge is 2.38. The van der Waals surface area contributed by atoms with Gasteiger partial charge >= 0.3 is 0 Å². The quantitative estimate of drug-likeness (QED) is 0.882. The lowest BCUT2D eigenvalue weighted by molar-refractivity contribution is 0.0843. The van der Waals surface area contributed by atoms with E-state index < -0.39 is 0 Å². The first-order valence-electron chi connectivity index (χ1n) is 7.10. The highest BCUT2D eigenvalue weighted by molar-refractivity contribution is 9.10. The van der Waals surface area contributed by atoms with Crippen molar-refractivity contribution < 1.29 is 0 Å². The molecule has 1 aromatic heterocycles. The van der Waals surface area contributed by atoms with E-state index in [9.17, 15) is 0 Å². The molecule has 0 atom stereocenters. The van der Waals surface area contributed by atoms with Crippen molar-refractivity contribution in [1.29, 1.82) is 0 Å². The molecule has 0 unspecified atom stereocenters. The normalized spacial score (nSPS) is 22.4. The van der Waals surface area contributed by atoms with Gasteiger partial charge in [0.05, 0.1) is 5.69 Å². The maximum Gasteiger partial charge on any atom is 0.0542 e. The lowest BCUT2D eigenvalue weighted by atomic mass is 9.63. The first-order chi connectivity index (χ1) is 8.76. The number of aromatic nitrogens is 1. The standard InChI is InChI=1S/C16H25BrN2/c1-15(2)7-14(8-16(3,4)11-15)19-10-13-6-5-12(17)9-18-13/h5-6,9,14,19H,7-8,10-11H2,1-4H3. The van der Waals surface area contributed by atoms with Gasteiger partial charge < -0.3 is 5.32 Å². The summed E-state index contributed by atoms with van der Waals surface area (Å²) < 4.78 is 1.04. The molecule has 2 nitrogen and oxygen atoms in total. The Kier molecular flexibility index (Phi) is 4.36. The molecule has 0 amide bonds. The van der Waals surface area contributed by atoms with Crippen LogP contribution < -0.4 is 5.32 Å². The van der Waals surface area contributed by atoms with E-state index in [0.29, 0.717) is 16.9 Å². The summed E-state index contributed by atoms with van der Waals surface area (Å²) in [5.74, 6) is 0. The molecule has 1 aromatic rings. The minimum absolute atomic E-state index is 0.437. The van der Waals surface area contributed by atoms with Crippen LogP contribution in [0.25, 0.3) is 0 Å². The van der Waals surface area contributed by atoms with Crippen molar-refractivity contribution in [3.05, 3.63) is 28.5 Å². The Hall–Kier alpha value is -0.410. The molecule has 1 aliphatic carbocycles. The zero-order valence-electron chi connectivity index (χ0n) is 12.5. The minimum atomic E-state index is 0.437. The SMILES string of the molecule is CC1(C)CC(NCc2ccc(Br)cn2)CC(C)(C)C1. The third kappa shape index (κ3) is 4.57. The predicted molar refractivity (Wildman–Crippen MR) is 84.0 cm³/mol. The van der Waals surface area contributed by atoms with Gasteiger partial charge in [-0.3, -0.25) is 4.98 Å². The van der Waals surface area contributed by atoms with E-state index in [1.165, 1.54) is 19.3 Å². The highest BCUT2D eigenvalue weighted by Crippen LogP contribution is 2.45. The second-order valence-electron chi connectivity index (χ2n) is 7.46. The topological polar surface area (TPSA) is 24.9 Å². The third-order valence-electron chi connectivity index (χ3n) is 3.92. The molecule has 1 heterocycles. The number of pyridine rings is 1. The summed E-state index contributed by atoms with van der Waals surface area (Å²) in [6, 6.07) is 4.73. The number of hydrogen-bond acceptors (Lipinski definition) is 2. The van der Waals surface area contributed by atoms with Crippen LogP contribution in [0, 0.1) is 10.8 Å². The van der Waals surface area contributed by atoms with Crippen molar-refractivity contribution in [2.24, 2.45) is 10.8 Å². The van der Waals surface area contributed by atoms with E-state index in [1.807, 2.05) is 6.20 Å². The zero-order valence-corrected chi connectivity index (χ0v) is 14.0. The molecule has 19 heavy (non-hydrogen) atoms. The maximum atomic E-state index is 4.43. The number of nitrogens with one attached hydrogen (secondary N) is 1. The van der Waals surface area contributed by atoms with Crippen LogP contribution in [-0.4, -0.2) is 11.0 Å². The Morgan fingerprint density at radius 3 is 2.37 bits per heavy atom. The van der Waals surface area contributed by atoms with E-state index in [0.717, 1.165) is 16.7 Å². The molecule has 1 N–H and O–H groups in total. The van der Waals surface area contributed by atoms with Crippen LogP contribution in [0.5, 0.6) is 0 Å². The smallest absolute Gasteiger partial charge is 0.0542 e. The van der Waals surface area contributed by atoms with Gasteiger partial charge in [-0.15, -0.1) is 0 Å². The molecule has 3 heteroatoms. The largest absolute Gasteiger partial charge is 0.308 e. The highest BCUT2D eigenvalue weighted by atomic mass is 79.9. The molecule has 0 saturated heterocycles. The summed E-state index contributed by atoms with van der Waals surface area (Å²) in [6.07, 6.45) is 5.69. The van der Waals surface area contributed by atoms with Gasteiger partial charge in [0, 0.05) is 23.3 Å². The van der Waals surface area contributed by atoms with Gasteiger partial charge in [0.2, 0.25) is 0 Å². The molecule has 0 radical (unpaired) electrons. The molecule has 0 aliphatic heterocycles. The molecule has 0 bridgehead atoms. The van der Waals surface area contributed by atoms with Crippen LogP contribution in [0.3, 0.4) is 0 Å². The molecule has 1 fully saturated rings. The predicted octanol–water partition coefficient (Wildman–Crippen LogP) is 4.54. The third-order valence-corrected chi connectivity index (χ3v) is 4.38. The number of nitrogens with zero attached hydrogens (tertiary/aromatic N) is 1. The van der Waals surface area contributed by atoms with Crippen molar-refractivity contribution in [2.45, 2.75) is 59.5 Å². The van der Waals surface area contributed by atoms with Gasteiger partial charge in [-0.25, -0.2) is 0 Å². The number of rotatable bonds is 3. The molecule has 1 aliphatic rings. The van der Waals surface area contributed by atoms with Gasteiger partial charge in [0.25, 0.3) is 0 Å². The Labute approximate surface area is 125 Å². The number of hydrogen-bond donors (Lipinski definition) is 1. The Bertz CT molecular complexity index is 407. The Morgan fingerprint density at radius 1 is 1.21 bits per heavy atom. The molecular formula is C16H25BrN2. The van der Waals surface area contributed by atoms with Gasteiger partial charge in [-0.2, -0.15) is 0 Å². The molecule has 2 rings (SSSR count). The first kappa shape index (κ1) is 15.0. The minimum Gasteiger partial charge on any atom is -0.308 e. The van der Waals surface area contributed by atoms with E-state index in [-0.39, 0.29) is 0 Å². The summed E-state index contributed by atoms with van der Waals surface area (Å²) in [7, 11) is 0. The summed E-state index contributed by atoms with van der Waals surface area (Å²) in [5.41, 5.74) is 1.99. The average Bonchev–Trinajstić information content (AvgIpc) is 2.24. The van der Waals surface area contributed by atoms with Gasteiger partial charge in [-0.05, 0) is 58.2 Å². The summed E-state index contributed by atoms with van der Waals surface area (Å²) >= 11 is 3.42. The van der Waals surface area contributed by atoms with Crippen LogP contribution in [-0.2, 0) is 6.54 Å². The van der Waals surface area contributed by atoms with E-state index >= 15 is 0 Å². The Morgan fingerprint density at radius 2 is 1.84 bits per heavy atom. The molecular weight excluding hydrogens is 300 g/mol. The fourth-order valence-corrected chi connectivity index (χ4v) is 3.98. The lowest BCUT2D eigenvalue weighted by Gasteiger charge is -2.45. The van der Waals surface area contributed by atoms with Crippen molar-refractivity contribution in [3.8, 4) is 0 Å². The van der Waals surface area contributed by atoms with Gasteiger partial charge in [-0.1, -0.05) is 27.7 Å². The molecule has 106 valence electrons. The van der Waals surface area contributed by atoms with Crippen LogP contribution in [0.2, 0.25) is 0 Å². The van der Waals surface area contributed by atoms with Crippen LogP contribution in [0.15, 0.2) is 22.8 Å². The van der Waals surface area contributed by atoms with E-state index in [4.69, 9.17) is 0 Å². The monoisotopic (exact) mass is 324 g/mol. The summed E-state index contributed by atoms with van der Waals surface area (Å²) in [5, 5.41) is 3.69. The molecule has 0 spiro atoms. The zero-order chi connectivity index (χ0) is 14.1. The summed E-state index contributed by atoms with van der Waals surface area (Å²) in [4.78, 5) is 4.43. The van der Waals surface area contributed by atoms with E-state index in [2.05, 4.69) is 66.1 Å². The second kappa shape index (κ2) is 5.53. The van der Waals surface area contributed by atoms with E-state index in [1.54, 1.807) is 0 Å². The van der Waals surface area contributed by atoms with Gasteiger partial charge in [0.15, 0.2) is 0 Å². The lowest BCUT2D eigenvalue weighted by Crippen LogP contribution is -2.43. The van der Waals surface area contributed by atoms with Crippen LogP contribution >= 0.6 is 15.9 Å². The molecule has 1 saturated carbocycles. The van der Waals surface area contributed by atoms with Crippen molar-refractivity contribution in [1.82, 2.24) is 10.3 Å². The molecule has 0 aromatic carbocycles. The van der Waals surface area contributed by atoms with Crippen molar-refractivity contribution in [2.75, 3.05) is 0 Å². The fourth-order valence-electron chi connectivity index (χ4n) is 3.75. The number of halogens is 1. The summed E-state index contributed by atoms with van der Waals surface area (Å²) in [6.45, 7) is 10.4. The maximum absolute atomic E-state index is 4.43. The average molecular weight is 325 g/mol. The van der Waals surface area contributed by atoms with Gasteiger partial charge in [0.1, 0.15) is 0 Å². The first-order valence-corrected chi connectivity index (χ1v) is 7.89. The Balaban J connectivity index is 1.93. The van der Waals surface area contributed by atoms with Crippen LogP contribution in [0.4, 0.5) is 0 Å². The van der Waals surface area contributed by atoms with Crippen LogP contribution in [0.1, 0.15) is 52.7 Å². The van der Waals surface area contributed by atoms with Crippen molar-refractivity contribution in [3.63, 3.8) is 0 Å².